The van der Waals surface area contributed by atoms with Crippen LogP contribution < -0.4 is 0 Å². The smallest absolute Gasteiger partial charge is 0.302 e. The van der Waals surface area contributed by atoms with Crippen molar-refractivity contribution in [1.82, 2.24) is 0 Å². The predicted molar refractivity (Wildman–Crippen MR) is 92.2 cm³/mol. The van der Waals surface area contributed by atoms with Crippen molar-refractivity contribution in [1.29, 1.82) is 0 Å². The summed E-state index contributed by atoms with van der Waals surface area (Å²) < 4.78 is 5.72. The summed E-state index contributed by atoms with van der Waals surface area (Å²) in [4.78, 5) is 23.4. The molecule has 3 nitrogen and oxygen atoms in total. The number of esters is 1. The summed E-state index contributed by atoms with van der Waals surface area (Å²) >= 11 is 0. The van der Waals surface area contributed by atoms with Crippen molar-refractivity contribution in [3.8, 4) is 0 Å². The molecule has 0 saturated heterocycles. The molecule has 7 atom stereocenters. The fraction of sp³-hybridized carbons (Fsp3) is 0.810. The fourth-order valence-electron chi connectivity index (χ4n) is 6.93. The van der Waals surface area contributed by atoms with Crippen LogP contribution in [0.5, 0.6) is 0 Å². The Hall–Kier alpha value is -1.12. The first kappa shape index (κ1) is 16.4. The normalized spacial score (nSPS) is 47.3. The van der Waals surface area contributed by atoms with Gasteiger partial charge in [-0.3, -0.25) is 9.59 Å². The van der Waals surface area contributed by atoms with Crippen LogP contribution >= 0.6 is 0 Å². The zero-order valence-electron chi connectivity index (χ0n) is 15.2. The third kappa shape index (κ3) is 2.38. The van der Waals surface area contributed by atoms with E-state index in [9.17, 15) is 9.59 Å². The first-order valence-electron chi connectivity index (χ1n) is 9.80. The molecule has 3 heteroatoms. The lowest BCUT2D eigenvalue weighted by molar-refractivity contribution is -0.157. The van der Waals surface area contributed by atoms with Crippen LogP contribution in [0, 0.1) is 35.0 Å². The summed E-state index contributed by atoms with van der Waals surface area (Å²) in [5.74, 6) is 3.64. The second kappa shape index (κ2) is 5.71. The summed E-state index contributed by atoms with van der Waals surface area (Å²) in [6.07, 6.45) is 9.62. The van der Waals surface area contributed by atoms with Gasteiger partial charge in [0, 0.05) is 18.8 Å². The molecular formula is C21H30O3. The Balaban J connectivity index is 1.62. The van der Waals surface area contributed by atoms with Crippen LogP contribution in [0.4, 0.5) is 0 Å². The van der Waals surface area contributed by atoms with Gasteiger partial charge in [0.2, 0.25) is 0 Å². The minimum atomic E-state index is -0.128. The average molecular weight is 330 g/mol. The molecule has 0 spiro atoms. The molecule has 0 radical (unpaired) electrons. The Morgan fingerprint density at radius 2 is 2.04 bits per heavy atom. The van der Waals surface area contributed by atoms with E-state index in [4.69, 9.17) is 4.74 Å². The molecule has 132 valence electrons. The van der Waals surface area contributed by atoms with Gasteiger partial charge in [0.1, 0.15) is 6.10 Å². The average Bonchev–Trinajstić information content (AvgIpc) is 2.83. The Kier molecular flexibility index (Phi) is 3.89. The SMILES string of the molecule is CC(=O)O[C@H]1CC[C@H]2[C@@H]3C(C)CC4=CC(=O)CC[C@@H]4[C@H]3CC[C@]12C. The summed E-state index contributed by atoms with van der Waals surface area (Å²) in [6.45, 7) is 6.30. The zero-order valence-corrected chi connectivity index (χ0v) is 15.2. The number of allylic oxidation sites excluding steroid dienone is 1. The molecule has 0 heterocycles. The van der Waals surface area contributed by atoms with Gasteiger partial charge in [-0.05, 0) is 74.2 Å². The van der Waals surface area contributed by atoms with Crippen LogP contribution in [0.15, 0.2) is 11.6 Å². The lowest BCUT2D eigenvalue weighted by atomic mass is 9.49. The van der Waals surface area contributed by atoms with Crippen LogP contribution in [0.3, 0.4) is 0 Å². The Morgan fingerprint density at radius 3 is 2.79 bits per heavy atom. The second-order valence-corrected chi connectivity index (χ2v) is 9.08. The Labute approximate surface area is 145 Å². The highest BCUT2D eigenvalue weighted by Crippen LogP contribution is 2.63. The van der Waals surface area contributed by atoms with Crippen molar-refractivity contribution in [2.75, 3.05) is 0 Å². The van der Waals surface area contributed by atoms with Gasteiger partial charge in [-0.2, -0.15) is 0 Å². The highest BCUT2D eigenvalue weighted by atomic mass is 16.5. The van der Waals surface area contributed by atoms with Gasteiger partial charge in [-0.1, -0.05) is 19.4 Å². The summed E-state index contributed by atoms with van der Waals surface area (Å²) in [5, 5.41) is 0. The minimum absolute atomic E-state index is 0.109. The van der Waals surface area contributed by atoms with Crippen molar-refractivity contribution >= 4 is 11.8 Å². The maximum absolute atomic E-state index is 11.8. The quantitative estimate of drug-likeness (QED) is 0.673. The minimum Gasteiger partial charge on any atom is -0.462 e. The van der Waals surface area contributed by atoms with E-state index in [1.807, 2.05) is 6.08 Å². The molecule has 4 aliphatic carbocycles. The van der Waals surface area contributed by atoms with Crippen LogP contribution in [0.1, 0.15) is 65.7 Å². The lowest BCUT2D eigenvalue weighted by Crippen LogP contribution is -2.50. The molecule has 0 aromatic carbocycles. The van der Waals surface area contributed by atoms with Gasteiger partial charge in [0.05, 0.1) is 0 Å². The van der Waals surface area contributed by atoms with Crippen molar-refractivity contribution in [2.24, 2.45) is 35.0 Å². The van der Waals surface area contributed by atoms with E-state index in [0.29, 0.717) is 23.5 Å². The van der Waals surface area contributed by atoms with Crippen molar-refractivity contribution in [2.45, 2.75) is 71.8 Å². The van der Waals surface area contributed by atoms with Crippen molar-refractivity contribution < 1.29 is 14.3 Å². The number of rotatable bonds is 1. The first-order valence-corrected chi connectivity index (χ1v) is 9.80. The van der Waals surface area contributed by atoms with Crippen molar-refractivity contribution in [3.63, 3.8) is 0 Å². The lowest BCUT2D eigenvalue weighted by Gasteiger charge is -2.55. The zero-order chi connectivity index (χ0) is 17.1. The number of carbonyl (C=O) groups excluding carboxylic acids is 2. The van der Waals surface area contributed by atoms with Gasteiger partial charge >= 0.3 is 5.97 Å². The van der Waals surface area contributed by atoms with E-state index < -0.39 is 0 Å². The topological polar surface area (TPSA) is 43.4 Å². The standard InChI is InChI=1S/C21H30O3/c1-12-10-14-11-15(23)4-5-16(14)17-8-9-21(3)18(20(12)17)6-7-19(21)24-13(2)22/h11-12,16-20H,4-10H2,1-3H3/t12?,16-,17+,18-,19-,20+,21-/m0/s1. The van der Waals surface area contributed by atoms with Gasteiger partial charge in [0.25, 0.3) is 0 Å². The summed E-state index contributed by atoms with van der Waals surface area (Å²) in [6, 6.07) is 0. The molecule has 3 fully saturated rings. The van der Waals surface area contributed by atoms with E-state index in [2.05, 4.69) is 13.8 Å². The molecule has 4 rings (SSSR count). The molecular weight excluding hydrogens is 300 g/mol. The van der Waals surface area contributed by atoms with Crippen LogP contribution in [0.2, 0.25) is 0 Å². The third-order valence-electron chi connectivity index (χ3n) is 7.86. The van der Waals surface area contributed by atoms with Crippen LogP contribution in [0.25, 0.3) is 0 Å². The van der Waals surface area contributed by atoms with Crippen LogP contribution in [-0.4, -0.2) is 17.9 Å². The van der Waals surface area contributed by atoms with Gasteiger partial charge in [-0.15, -0.1) is 0 Å². The number of ketones is 1. The molecule has 0 aliphatic heterocycles. The predicted octanol–water partition coefficient (Wildman–Crippen LogP) is 4.31. The third-order valence-corrected chi connectivity index (χ3v) is 7.86. The number of carbonyl (C=O) groups is 2. The molecule has 4 aliphatic rings. The molecule has 1 unspecified atom stereocenters. The molecule has 3 saturated carbocycles. The van der Waals surface area contributed by atoms with E-state index in [1.165, 1.54) is 24.8 Å². The summed E-state index contributed by atoms with van der Waals surface area (Å²) in [7, 11) is 0. The Bertz CT molecular complexity index is 592. The Morgan fingerprint density at radius 1 is 1.25 bits per heavy atom. The molecule has 0 aromatic rings. The molecule has 0 amide bonds. The summed E-state index contributed by atoms with van der Waals surface area (Å²) in [5.41, 5.74) is 1.60. The number of hydrogen-bond acceptors (Lipinski definition) is 3. The maximum Gasteiger partial charge on any atom is 0.302 e. The largest absolute Gasteiger partial charge is 0.462 e. The highest BCUT2D eigenvalue weighted by molar-refractivity contribution is 5.91. The van der Waals surface area contributed by atoms with E-state index in [1.54, 1.807) is 6.92 Å². The number of ether oxygens (including phenoxy) is 1. The molecule has 0 aromatic heterocycles. The molecule has 0 N–H and O–H groups in total. The van der Waals surface area contributed by atoms with E-state index in [-0.39, 0.29) is 17.5 Å². The fourth-order valence-corrected chi connectivity index (χ4v) is 6.93. The first-order chi connectivity index (χ1) is 11.4. The van der Waals surface area contributed by atoms with Crippen LogP contribution in [-0.2, 0) is 14.3 Å². The van der Waals surface area contributed by atoms with Gasteiger partial charge < -0.3 is 4.74 Å². The number of fused-ring (bicyclic) bond motifs is 5. The van der Waals surface area contributed by atoms with Crippen molar-refractivity contribution in [3.05, 3.63) is 11.6 Å². The van der Waals surface area contributed by atoms with Gasteiger partial charge in [0.15, 0.2) is 5.78 Å². The van der Waals surface area contributed by atoms with E-state index >= 15 is 0 Å². The monoisotopic (exact) mass is 330 g/mol. The van der Waals surface area contributed by atoms with Gasteiger partial charge in [-0.25, -0.2) is 0 Å². The molecule has 0 bridgehead atoms. The highest BCUT2D eigenvalue weighted by Gasteiger charge is 2.58. The van der Waals surface area contributed by atoms with E-state index in [0.717, 1.165) is 37.5 Å². The maximum atomic E-state index is 11.8. The molecule has 24 heavy (non-hydrogen) atoms. The second-order valence-electron chi connectivity index (χ2n) is 9.08. The number of hydrogen-bond donors (Lipinski definition) is 0.